The van der Waals surface area contributed by atoms with Gasteiger partial charge in [-0.15, -0.1) is 0 Å². The summed E-state index contributed by atoms with van der Waals surface area (Å²) in [5.74, 6) is -0.595. The van der Waals surface area contributed by atoms with E-state index in [0.717, 1.165) is 20.7 Å². The number of hydrogen-bond donors (Lipinski definition) is 1. The summed E-state index contributed by atoms with van der Waals surface area (Å²) < 4.78 is 39.4. The van der Waals surface area contributed by atoms with E-state index >= 15 is 0 Å². The number of anilines is 1. The number of benzene rings is 1. The number of nitrogens with one attached hydrogen (secondary N) is 1. The summed E-state index contributed by atoms with van der Waals surface area (Å²) in [7, 11) is 0. The Kier molecular flexibility index (Phi) is 4.93. The molecule has 1 N–H and O–H groups in total. The van der Waals surface area contributed by atoms with Crippen LogP contribution in [-0.2, 0) is 17.5 Å². The molecule has 0 atom stereocenters. The van der Waals surface area contributed by atoms with E-state index in [4.69, 9.17) is 0 Å². The van der Waals surface area contributed by atoms with Gasteiger partial charge >= 0.3 is 6.18 Å². The molecule has 0 bridgehead atoms. The second-order valence-electron chi connectivity index (χ2n) is 4.89. The van der Waals surface area contributed by atoms with Crippen molar-refractivity contribution in [2.24, 2.45) is 0 Å². The second-order valence-corrected chi connectivity index (χ2v) is 5.75. The van der Waals surface area contributed by atoms with Crippen LogP contribution >= 0.6 is 15.9 Å². The molecular formula is C15H12BrF3N2O2. The van der Waals surface area contributed by atoms with E-state index < -0.39 is 29.8 Å². The average Bonchev–Trinajstić information content (AvgIpc) is 2.44. The van der Waals surface area contributed by atoms with Crippen LogP contribution in [0.25, 0.3) is 0 Å². The van der Waals surface area contributed by atoms with Crippen LogP contribution in [0.1, 0.15) is 11.1 Å². The van der Waals surface area contributed by atoms with Crippen LogP contribution in [0.2, 0.25) is 0 Å². The van der Waals surface area contributed by atoms with Gasteiger partial charge in [0.15, 0.2) is 0 Å². The molecule has 0 radical (unpaired) electrons. The minimum atomic E-state index is -4.58. The number of hydrogen-bond acceptors (Lipinski definition) is 2. The first-order valence-corrected chi connectivity index (χ1v) is 7.30. The molecule has 0 spiro atoms. The van der Waals surface area contributed by atoms with Crippen molar-refractivity contribution in [3.8, 4) is 0 Å². The number of carbonyl (C=O) groups is 1. The molecule has 1 aromatic carbocycles. The predicted molar refractivity (Wildman–Crippen MR) is 83.2 cm³/mol. The number of pyridine rings is 1. The molecule has 0 saturated carbocycles. The molecule has 0 aliphatic carbocycles. The number of rotatable bonds is 3. The van der Waals surface area contributed by atoms with Crippen molar-refractivity contribution >= 4 is 27.5 Å². The summed E-state index contributed by atoms with van der Waals surface area (Å²) in [4.78, 5) is 23.5. The summed E-state index contributed by atoms with van der Waals surface area (Å²) in [6.45, 7) is 1.37. The average molecular weight is 389 g/mol. The third-order valence-electron chi connectivity index (χ3n) is 3.08. The summed E-state index contributed by atoms with van der Waals surface area (Å²) in [5.41, 5.74) is -0.217. The molecule has 0 aliphatic rings. The van der Waals surface area contributed by atoms with E-state index in [0.29, 0.717) is 18.0 Å². The third kappa shape index (κ3) is 4.44. The van der Waals surface area contributed by atoms with Crippen LogP contribution < -0.4 is 10.9 Å². The molecule has 2 rings (SSSR count). The fraction of sp³-hybridized carbons (Fsp3) is 0.200. The predicted octanol–water partition coefficient (Wildman–Crippen LogP) is 3.58. The minimum Gasteiger partial charge on any atom is -0.324 e. The van der Waals surface area contributed by atoms with Gasteiger partial charge in [-0.2, -0.15) is 13.2 Å². The maximum Gasteiger partial charge on any atom is 0.417 e. The minimum absolute atomic E-state index is 0.479. The molecule has 0 fully saturated rings. The van der Waals surface area contributed by atoms with Crippen molar-refractivity contribution in [1.29, 1.82) is 0 Å². The lowest BCUT2D eigenvalue weighted by Gasteiger charge is -2.11. The van der Waals surface area contributed by atoms with Crippen LogP contribution in [0.4, 0.5) is 18.9 Å². The highest BCUT2D eigenvalue weighted by Gasteiger charge is 2.31. The Morgan fingerprint density at radius 2 is 1.96 bits per heavy atom. The summed E-state index contributed by atoms with van der Waals surface area (Å²) in [6.07, 6.45) is -3.94. The van der Waals surface area contributed by atoms with E-state index in [1.807, 2.05) is 6.92 Å². The van der Waals surface area contributed by atoms with E-state index in [-0.39, 0.29) is 0 Å². The van der Waals surface area contributed by atoms with Crippen LogP contribution in [0, 0.1) is 6.92 Å². The molecule has 4 nitrogen and oxygen atoms in total. The van der Waals surface area contributed by atoms with Crippen LogP contribution in [0.3, 0.4) is 0 Å². The first-order chi connectivity index (χ1) is 10.7. The van der Waals surface area contributed by atoms with Crippen LogP contribution in [-0.4, -0.2) is 10.5 Å². The van der Waals surface area contributed by atoms with Crippen LogP contribution in [0.15, 0.2) is 45.8 Å². The van der Waals surface area contributed by atoms with Gasteiger partial charge in [0, 0.05) is 22.4 Å². The second kappa shape index (κ2) is 6.57. The van der Waals surface area contributed by atoms with Gasteiger partial charge in [0.1, 0.15) is 6.54 Å². The molecule has 1 heterocycles. The van der Waals surface area contributed by atoms with E-state index in [9.17, 15) is 22.8 Å². The fourth-order valence-corrected chi connectivity index (χ4v) is 2.23. The number of halogens is 4. The summed E-state index contributed by atoms with van der Waals surface area (Å²) >= 11 is 3.31. The molecule has 122 valence electrons. The Morgan fingerprint density at radius 3 is 2.57 bits per heavy atom. The molecule has 2 aromatic rings. The SMILES string of the molecule is Cc1ccc(NC(=O)Cn2cc(C(F)(F)F)ccc2=O)cc1Br. The largest absolute Gasteiger partial charge is 0.417 e. The van der Waals surface area contributed by atoms with Crippen molar-refractivity contribution in [2.75, 3.05) is 5.32 Å². The lowest BCUT2D eigenvalue weighted by atomic mass is 10.2. The molecule has 1 aromatic heterocycles. The maximum atomic E-state index is 12.6. The quantitative estimate of drug-likeness (QED) is 0.873. The number of amides is 1. The zero-order valence-corrected chi connectivity index (χ0v) is 13.5. The third-order valence-corrected chi connectivity index (χ3v) is 3.93. The van der Waals surface area contributed by atoms with Gasteiger partial charge in [0.2, 0.25) is 5.91 Å². The van der Waals surface area contributed by atoms with E-state index in [2.05, 4.69) is 21.2 Å². The monoisotopic (exact) mass is 388 g/mol. The normalized spacial score (nSPS) is 11.3. The Bertz CT molecular complexity index is 800. The Labute approximate surface area is 138 Å². The van der Waals surface area contributed by atoms with Gasteiger partial charge < -0.3 is 9.88 Å². The van der Waals surface area contributed by atoms with Crippen molar-refractivity contribution in [1.82, 2.24) is 4.57 Å². The standard InChI is InChI=1S/C15H12BrF3N2O2/c1-9-2-4-11(6-12(9)16)20-13(22)8-21-7-10(15(17,18)19)3-5-14(21)23/h2-7H,8H2,1H3,(H,20,22). The summed E-state index contributed by atoms with van der Waals surface area (Å²) in [5, 5.41) is 2.53. The zero-order valence-electron chi connectivity index (χ0n) is 11.9. The Balaban J connectivity index is 2.17. The van der Waals surface area contributed by atoms with Gasteiger partial charge in [-0.05, 0) is 30.7 Å². The highest BCUT2D eigenvalue weighted by atomic mass is 79.9. The highest BCUT2D eigenvalue weighted by molar-refractivity contribution is 9.10. The highest BCUT2D eigenvalue weighted by Crippen LogP contribution is 2.28. The number of aromatic nitrogens is 1. The van der Waals surface area contributed by atoms with Gasteiger partial charge in [0.05, 0.1) is 5.56 Å². The summed E-state index contributed by atoms with van der Waals surface area (Å²) in [6, 6.07) is 6.58. The zero-order chi connectivity index (χ0) is 17.2. The smallest absolute Gasteiger partial charge is 0.324 e. The van der Waals surface area contributed by atoms with Crippen molar-refractivity contribution < 1.29 is 18.0 Å². The number of nitrogens with zero attached hydrogens (tertiary/aromatic N) is 1. The molecule has 8 heteroatoms. The molecule has 0 unspecified atom stereocenters. The van der Waals surface area contributed by atoms with Crippen molar-refractivity contribution in [3.05, 3.63) is 62.5 Å². The lowest BCUT2D eigenvalue weighted by molar-refractivity contribution is -0.138. The van der Waals surface area contributed by atoms with E-state index in [1.165, 1.54) is 0 Å². The van der Waals surface area contributed by atoms with E-state index in [1.54, 1.807) is 18.2 Å². The molecule has 0 saturated heterocycles. The first-order valence-electron chi connectivity index (χ1n) is 6.50. The van der Waals surface area contributed by atoms with Gasteiger partial charge in [-0.3, -0.25) is 9.59 Å². The maximum absolute atomic E-state index is 12.6. The van der Waals surface area contributed by atoms with Crippen molar-refractivity contribution in [3.63, 3.8) is 0 Å². The van der Waals surface area contributed by atoms with Gasteiger partial charge in [-0.25, -0.2) is 0 Å². The van der Waals surface area contributed by atoms with Gasteiger partial charge in [0.25, 0.3) is 5.56 Å². The van der Waals surface area contributed by atoms with Gasteiger partial charge in [-0.1, -0.05) is 22.0 Å². The van der Waals surface area contributed by atoms with Crippen LogP contribution in [0.5, 0.6) is 0 Å². The Morgan fingerprint density at radius 1 is 1.26 bits per heavy atom. The molecule has 0 aliphatic heterocycles. The molecule has 1 amide bonds. The Hall–Kier alpha value is -2.09. The molecular weight excluding hydrogens is 377 g/mol. The number of aryl methyl sites for hydroxylation is 1. The lowest BCUT2D eigenvalue weighted by Crippen LogP contribution is -2.28. The number of alkyl halides is 3. The fourth-order valence-electron chi connectivity index (χ4n) is 1.85. The van der Waals surface area contributed by atoms with Crippen molar-refractivity contribution in [2.45, 2.75) is 19.6 Å². The molecule has 23 heavy (non-hydrogen) atoms. The topological polar surface area (TPSA) is 51.1 Å². The number of carbonyl (C=O) groups excluding carboxylic acids is 1. The first kappa shape index (κ1) is 17.3.